The summed E-state index contributed by atoms with van der Waals surface area (Å²) < 4.78 is 15.4. The summed E-state index contributed by atoms with van der Waals surface area (Å²) in [7, 11) is 1.82. The molecule has 0 bridgehead atoms. The Hall–Kier alpha value is -2.12. The number of aromatic nitrogens is 2. The second-order valence-electron chi connectivity index (χ2n) is 8.42. The third-order valence-electron chi connectivity index (χ3n) is 6.31. The van der Waals surface area contributed by atoms with Crippen molar-refractivity contribution < 1.29 is 14.3 Å². The number of hydrogen-bond acceptors (Lipinski definition) is 4. The van der Waals surface area contributed by atoms with E-state index >= 15 is 0 Å². The van der Waals surface area contributed by atoms with Gasteiger partial charge < -0.3 is 14.9 Å². The summed E-state index contributed by atoms with van der Waals surface area (Å²) in [6.45, 7) is 2.57. The maximum Gasteiger partial charge on any atom is 0.272 e. The van der Waals surface area contributed by atoms with Crippen LogP contribution in [0.5, 0.6) is 0 Å². The van der Waals surface area contributed by atoms with E-state index in [0.29, 0.717) is 38.2 Å². The van der Waals surface area contributed by atoms with Crippen LogP contribution in [0.2, 0.25) is 5.02 Å². The normalized spacial score (nSPS) is 26.7. The van der Waals surface area contributed by atoms with Crippen LogP contribution in [0.25, 0.3) is 0 Å². The fourth-order valence-electron chi connectivity index (χ4n) is 5.00. The van der Waals surface area contributed by atoms with Crippen molar-refractivity contribution in [3.05, 3.63) is 46.0 Å². The smallest absolute Gasteiger partial charge is 0.272 e. The Labute approximate surface area is 167 Å². The summed E-state index contributed by atoms with van der Waals surface area (Å²) in [5.41, 5.74) is 3.30. The molecule has 2 aliphatic heterocycles. The summed E-state index contributed by atoms with van der Waals surface area (Å²) in [5, 5.41) is 14.7. The van der Waals surface area contributed by atoms with Gasteiger partial charge >= 0.3 is 0 Å². The molecule has 1 fully saturated rings. The van der Waals surface area contributed by atoms with Crippen molar-refractivity contribution in [2.24, 2.45) is 5.41 Å². The Balaban J connectivity index is 1.50. The monoisotopic (exact) mass is 404 g/mol. The minimum atomic E-state index is -0.438. The lowest BCUT2D eigenvalue weighted by atomic mass is 9.66. The van der Waals surface area contributed by atoms with Crippen LogP contribution in [-0.4, -0.2) is 51.9 Å². The lowest BCUT2D eigenvalue weighted by Gasteiger charge is -2.45. The first-order valence-corrected chi connectivity index (χ1v) is 9.95. The van der Waals surface area contributed by atoms with E-state index in [-0.39, 0.29) is 22.4 Å². The molecule has 3 aliphatic rings. The number of benzene rings is 1. The van der Waals surface area contributed by atoms with Crippen molar-refractivity contribution in [1.29, 1.82) is 0 Å². The van der Waals surface area contributed by atoms with E-state index in [4.69, 9.17) is 16.7 Å². The molecule has 148 valence electrons. The highest BCUT2D eigenvalue weighted by Gasteiger charge is 2.48. The first-order chi connectivity index (χ1) is 13.3. The molecule has 1 amide bonds. The molecule has 1 N–H and O–H groups in total. The maximum absolute atomic E-state index is 13.5. The van der Waals surface area contributed by atoms with Crippen LogP contribution >= 0.6 is 11.6 Å². The molecule has 0 radical (unpaired) electrons. The van der Waals surface area contributed by atoms with Crippen LogP contribution in [0.15, 0.2) is 18.2 Å². The van der Waals surface area contributed by atoms with Crippen molar-refractivity contribution in [2.75, 3.05) is 25.0 Å². The Morgan fingerprint density at radius 3 is 2.82 bits per heavy atom. The van der Waals surface area contributed by atoms with Gasteiger partial charge in [0.1, 0.15) is 11.5 Å². The zero-order chi connectivity index (χ0) is 19.6. The van der Waals surface area contributed by atoms with Gasteiger partial charge in [-0.15, -0.1) is 0 Å². The predicted octanol–water partition coefficient (Wildman–Crippen LogP) is 2.46. The first-order valence-electron chi connectivity index (χ1n) is 9.57. The van der Waals surface area contributed by atoms with Crippen LogP contribution in [0, 0.1) is 11.2 Å². The molecular formula is C20H22ClFN4O2. The Kier molecular flexibility index (Phi) is 3.97. The summed E-state index contributed by atoms with van der Waals surface area (Å²) in [5.74, 6) is -0.460. The second kappa shape index (κ2) is 6.19. The van der Waals surface area contributed by atoms with Gasteiger partial charge in [-0.1, -0.05) is 11.6 Å². The van der Waals surface area contributed by atoms with Gasteiger partial charge in [-0.3, -0.25) is 9.48 Å². The van der Waals surface area contributed by atoms with E-state index < -0.39 is 5.82 Å². The molecule has 0 unspecified atom stereocenters. The number of halogens is 2. The average molecular weight is 405 g/mol. The summed E-state index contributed by atoms with van der Waals surface area (Å²) in [4.78, 5) is 17.0. The number of anilines is 1. The van der Waals surface area contributed by atoms with Gasteiger partial charge in [-0.2, -0.15) is 5.10 Å². The predicted molar refractivity (Wildman–Crippen MR) is 103 cm³/mol. The topological polar surface area (TPSA) is 61.6 Å². The molecule has 1 aliphatic carbocycles. The quantitative estimate of drug-likeness (QED) is 0.793. The molecular weight excluding hydrogens is 383 g/mol. The number of carbonyl (C=O) groups is 1. The van der Waals surface area contributed by atoms with Crippen LogP contribution in [0.4, 0.5) is 10.1 Å². The minimum Gasteiger partial charge on any atom is -0.393 e. The number of fused-ring (bicyclic) bond motifs is 3. The Morgan fingerprint density at radius 1 is 1.32 bits per heavy atom. The van der Waals surface area contributed by atoms with Crippen LogP contribution in [0.1, 0.15) is 34.6 Å². The van der Waals surface area contributed by atoms with Gasteiger partial charge in [0.15, 0.2) is 0 Å². The molecule has 2 aromatic rings. The zero-order valence-electron chi connectivity index (χ0n) is 15.7. The summed E-state index contributed by atoms with van der Waals surface area (Å²) in [6.07, 6.45) is 1.84. The molecule has 0 atom stereocenters. The molecule has 0 saturated heterocycles. The third kappa shape index (κ3) is 2.71. The van der Waals surface area contributed by atoms with Gasteiger partial charge in [-0.05, 0) is 31.0 Å². The van der Waals surface area contributed by atoms with Crippen LogP contribution < -0.4 is 4.90 Å². The summed E-state index contributed by atoms with van der Waals surface area (Å²) >= 11 is 5.96. The molecule has 6 nitrogen and oxygen atoms in total. The lowest BCUT2D eigenvalue weighted by Crippen LogP contribution is -2.49. The van der Waals surface area contributed by atoms with E-state index in [9.17, 15) is 14.3 Å². The molecule has 3 heterocycles. The van der Waals surface area contributed by atoms with Gasteiger partial charge in [0.2, 0.25) is 0 Å². The van der Waals surface area contributed by atoms with E-state index in [1.165, 1.54) is 6.07 Å². The van der Waals surface area contributed by atoms with Crippen molar-refractivity contribution in [1.82, 2.24) is 14.7 Å². The fourth-order valence-corrected chi connectivity index (χ4v) is 5.18. The summed E-state index contributed by atoms with van der Waals surface area (Å²) in [6, 6.07) is 4.71. The van der Waals surface area contributed by atoms with Gasteiger partial charge in [0, 0.05) is 56.3 Å². The van der Waals surface area contributed by atoms with Crippen molar-refractivity contribution in [3.63, 3.8) is 0 Å². The highest BCUT2D eigenvalue weighted by Crippen LogP contribution is 2.45. The van der Waals surface area contributed by atoms with E-state index in [0.717, 1.165) is 29.9 Å². The largest absolute Gasteiger partial charge is 0.393 e. The molecule has 1 spiro atoms. The Bertz CT molecular complexity index is 969. The van der Waals surface area contributed by atoms with Crippen LogP contribution in [0.3, 0.4) is 0 Å². The number of rotatable bonds is 1. The lowest BCUT2D eigenvalue weighted by molar-refractivity contribution is -0.0530. The molecule has 28 heavy (non-hydrogen) atoms. The fraction of sp³-hybridized carbons (Fsp3) is 0.500. The third-order valence-corrected chi connectivity index (χ3v) is 6.60. The average Bonchev–Trinajstić information content (AvgIpc) is 2.93. The zero-order valence-corrected chi connectivity index (χ0v) is 16.4. The molecule has 8 heteroatoms. The van der Waals surface area contributed by atoms with Crippen molar-refractivity contribution >= 4 is 23.2 Å². The number of carbonyl (C=O) groups excluding carboxylic acids is 1. The second-order valence-corrected chi connectivity index (χ2v) is 8.83. The SMILES string of the molecule is CN1CC2(CC(O)C2)Cn2nc3c(c2C1=O)CN(c1ccc(F)c(Cl)c1)CC3. The number of aliphatic hydroxyl groups is 1. The van der Waals surface area contributed by atoms with Gasteiger partial charge in [0.05, 0.1) is 16.8 Å². The number of nitrogens with zero attached hydrogens (tertiary/aromatic N) is 4. The molecule has 1 saturated carbocycles. The minimum absolute atomic E-state index is 0.0222. The number of aliphatic hydroxyl groups excluding tert-OH is 1. The Morgan fingerprint density at radius 2 is 2.11 bits per heavy atom. The van der Waals surface area contributed by atoms with Gasteiger partial charge in [-0.25, -0.2) is 4.39 Å². The first kappa shape index (κ1) is 17.9. The van der Waals surface area contributed by atoms with Crippen molar-refractivity contribution in [2.45, 2.75) is 38.5 Å². The highest BCUT2D eigenvalue weighted by molar-refractivity contribution is 6.31. The standard InChI is InChI=1S/C20H22ClFN4O2/c1-24-10-20(7-13(27)8-20)11-26-18(19(24)28)14-9-25(5-4-17(14)23-26)12-2-3-16(22)15(21)6-12/h2-3,6,13,27H,4-5,7-11H2,1H3. The molecule has 1 aromatic heterocycles. The molecule has 1 aromatic carbocycles. The molecule has 5 rings (SSSR count). The van der Waals surface area contributed by atoms with E-state index in [1.54, 1.807) is 17.0 Å². The highest BCUT2D eigenvalue weighted by atomic mass is 35.5. The number of hydrogen-bond donors (Lipinski definition) is 1. The van der Waals surface area contributed by atoms with E-state index in [1.807, 2.05) is 11.7 Å². The van der Waals surface area contributed by atoms with Gasteiger partial charge in [0.25, 0.3) is 5.91 Å². The number of amides is 1. The van der Waals surface area contributed by atoms with E-state index in [2.05, 4.69) is 4.90 Å². The van der Waals surface area contributed by atoms with Crippen molar-refractivity contribution in [3.8, 4) is 0 Å². The maximum atomic E-state index is 13.5. The van der Waals surface area contributed by atoms with Crippen LogP contribution in [-0.2, 0) is 19.5 Å².